The van der Waals surface area contributed by atoms with Crippen LogP contribution in [0.5, 0.6) is 0 Å². The fourth-order valence-electron chi connectivity index (χ4n) is 1.94. The minimum Gasteiger partial charge on any atom is -0.399 e. The summed E-state index contributed by atoms with van der Waals surface area (Å²) in [5.74, 6) is -1.36. The summed E-state index contributed by atoms with van der Waals surface area (Å²) >= 11 is 5.87. The maximum Gasteiger partial charge on any atom is 0.151 e. The van der Waals surface area contributed by atoms with E-state index in [2.05, 4.69) is 0 Å². The number of halogens is 3. The predicted molar refractivity (Wildman–Crippen MR) is 74.3 cm³/mol. The molecule has 0 aliphatic carbocycles. The second-order valence-electron chi connectivity index (χ2n) is 4.32. The molecule has 2 aromatic carbocycles. The topological polar surface area (TPSA) is 29.3 Å². The van der Waals surface area contributed by atoms with Crippen molar-refractivity contribution in [1.29, 1.82) is 0 Å². The quantitative estimate of drug-likeness (QED) is 0.867. The van der Waals surface area contributed by atoms with Crippen molar-refractivity contribution in [2.75, 3.05) is 17.7 Å². The molecule has 2 aromatic rings. The van der Waals surface area contributed by atoms with Gasteiger partial charge in [0.1, 0.15) is 5.69 Å². The van der Waals surface area contributed by atoms with Crippen molar-refractivity contribution in [3.8, 4) is 0 Å². The van der Waals surface area contributed by atoms with Crippen LogP contribution in [0.3, 0.4) is 0 Å². The van der Waals surface area contributed by atoms with Crippen LogP contribution in [0.2, 0.25) is 5.02 Å². The Labute approximate surface area is 115 Å². The van der Waals surface area contributed by atoms with Crippen molar-refractivity contribution >= 4 is 23.0 Å². The van der Waals surface area contributed by atoms with E-state index >= 15 is 0 Å². The number of nitrogens with two attached hydrogens (primary N) is 1. The molecule has 19 heavy (non-hydrogen) atoms. The fourth-order valence-corrected chi connectivity index (χ4v) is 2.15. The van der Waals surface area contributed by atoms with Crippen LogP contribution < -0.4 is 10.6 Å². The van der Waals surface area contributed by atoms with Gasteiger partial charge in [0, 0.05) is 24.3 Å². The SMILES string of the molecule is CN(Cc1cccc(Cl)c1)c1c(F)cc(N)cc1F. The highest BCUT2D eigenvalue weighted by Gasteiger charge is 2.15. The van der Waals surface area contributed by atoms with Gasteiger partial charge in [-0.2, -0.15) is 0 Å². The van der Waals surface area contributed by atoms with E-state index in [1.54, 1.807) is 25.2 Å². The molecule has 2 N–H and O–H groups in total. The second-order valence-corrected chi connectivity index (χ2v) is 4.76. The number of rotatable bonds is 3. The van der Waals surface area contributed by atoms with Crippen molar-refractivity contribution in [3.63, 3.8) is 0 Å². The molecule has 5 heteroatoms. The minimum absolute atomic E-state index is 0.0647. The van der Waals surface area contributed by atoms with E-state index in [-0.39, 0.29) is 11.4 Å². The zero-order valence-corrected chi connectivity index (χ0v) is 11.1. The Balaban J connectivity index is 2.28. The van der Waals surface area contributed by atoms with E-state index < -0.39 is 11.6 Å². The van der Waals surface area contributed by atoms with Crippen LogP contribution in [-0.4, -0.2) is 7.05 Å². The van der Waals surface area contributed by atoms with Crippen molar-refractivity contribution in [2.45, 2.75) is 6.54 Å². The lowest BCUT2D eigenvalue weighted by Gasteiger charge is -2.21. The van der Waals surface area contributed by atoms with Gasteiger partial charge < -0.3 is 10.6 Å². The second kappa shape index (κ2) is 5.45. The van der Waals surface area contributed by atoms with E-state index in [1.165, 1.54) is 4.90 Å². The molecule has 0 spiro atoms. The molecule has 0 saturated carbocycles. The van der Waals surface area contributed by atoms with Crippen LogP contribution in [0.25, 0.3) is 0 Å². The minimum atomic E-state index is -0.679. The van der Waals surface area contributed by atoms with Gasteiger partial charge in [-0.25, -0.2) is 8.78 Å². The molecular formula is C14H13ClF2N2. The summed E-state index contributed by atoms with van der Waals surface area (Å²) in [6.45, 7) is 0.346. The zero-order valence-electron chi connectivity index (χ0n) is 10.3. The number of hydrogen-bond donors (Lipinski definition) is 1. The Morgan fingerprint density at radius 3 is 2.37 bits per heavy atom. The first kappa shape index (κ1) is 13.6. The van der Waals surface area contributed by atoms with Gasteiger partial charge >= 0.3 is 0 Å². The predicted octanol–water partition coefficient (Wildman–Crippen LogP) is 3.84. The average molecular weight is 283 g/mol. The van der Waals surface area contributed by atoms with Crippen LogP contribution in [0.15, 0.2) is 36.4 Å². The Morgan fingerprint density at radius 1 is 1.16 bits per heavy atom. The highest BCUT2D eigenvalue weighted by Crippen LogP contribution is 2.26. The van der Waals surface area contributed by atoms with E-state index in [9.17, 15) is 8.78 Å². The van der Waals surface area contributed by atoms with Gasteiger partial charge in [-0.05, 0) is 29.8 Å². The van der Waals surface area contributed by atoms with E-state index in [1.807, 2.05) is 6.07 Å². The molecule has 0 aliphatic rings. The van der Waals surface area contributed by atoms with Gasteiger partial charge in [-0.1, -0.05) is 23.7 Å². The lowest BCUT2D eigenvalue weighted by atomic mass is 10.2. The third-order valence-corrected chi connectivity index (χ3v) is 2.96. The van der Waals surface area contributed by atoms with Gasteiger partial charge in [-0.15, -0.1) is 0 Å². The van der Waals surface area contributed by atoms with Crippen molar-refractivity contribution in [3.05, 3.63) is 58.6 Å². The molecule has 0 heterocycles. The summed E-state index contributed by atoms with van der Waals surface area (Å²) < 4.78 is 27.5. The highest BCUT2D eigenvalue weighted by molar-refractivity contribution is 6.30. The maximum absolute atomic E-state index is 13.8. The van der Waals surface area contributed by atoms with Gasteiger partial charge in [0.2, 0.25) is 0 Å². The van der Waals surface area contributed by atoms with E-state index in [0.717, 1.165) is 17.7 Å². The number of nitrogen functional groups attached to an aromatic ring is 1. The summed E-state index contributed by atoms with van der Waals surface area (Å²) in [5.41, 5.74) is 6.21. The number of nitrogens with zero attached hydrogens (tertiary/aromatic N) is 1. The third kappa shape index (κ3) is 3.15. The average Bonchev–Trinajstić information content (AvgIpc) is 2.27. The summed E-state index contributed by atoms with van der Waals surface area (Å²) in [4.78, 5) is 1.48. The highest BCUT2D eigenvalue weighted by atomic mass is 35.5. The van der Waals surface area contributed by atoms with Gasteiger partial charge in [0.15, 0.2) is 11.6 Å². The van der Waals surface area contributed by atoms with Crippen LogP contribution in [0, 0.1) is 11.6 Å². The van der Waals surface area contributed by atoms with Crippen LogP contribution in [0.1, 0.15) is 5.56 Å². The molecule has 2 nitrogen and oxygen atoms in total. The summed E-state index contributed by atoms with van der Waals surface area (Å²) in [7, 11) is 1.61. The lowest BCUT2D eigenvalue weighted by molar-refractivity contribution is 0.578. The number of hydrogen-bond acceptors (Lipinski definition) is 2. The molecule has 0 bridgehead atoms. The molecule has 0 unspecified atom stereocenters. The molecule has 0 fully saturated rings. The van der Waals surface area contributed by atoms with Gasteiger partial charge in [0.05, 0.1) is 0 Å². The first-order valence-corrected chi connectivity index (χ1v) is 6.05. The van der Waals surface area contributed by atoms with Gasteiger partial charge in [-0.3, -0.25) is 0 Å². The Bertz CT molecular complexity index is 579. The van der Waals surface area contributed by atoms with Crippen LogP contribution >= 0.6 is 11.6 Å². The van der Waals surface area contributed by atoms with E-state index in [0.29, 0.717) is 11.6 Å². The summed E-state index contributed by atoms with van der Waals surface area (Å²) in [5, 5.41) is 0.587. The van der Waals surface area contributed by atoms with Crippen molar-refractivity contribution in [2.24, 2.45) is 0 Å². The zero-order chi connectivity index (χ0) is 14.0. The first-order chi connectivity index (χ1) is 8.97. The summed E-state index contributed by atoms with van der Waals surface area (Å²) in [6.07, 6.45) is 0. The molecule has 2 rings (SSSR count). The molecule has 0 atom stereocenters. The largest absolute Gasteiger partial charge is 0.399 e. The standard InChI is InChI=1S/C14H13ClF2N2/c1-19(8-9-3-2-4-10(15)5-9)14-12(16)6-11(18)7-13(14)17/h2-7H,8,18H2,1H3. The molecule has 0 aliphatic heterocycles. The van der Waals surface area contributed by atoms with Crippen molar-refractivity contribution < 1.29 is 8.78 Å². The molecule has 0 saturated heterocycles. The van der Waals surface area contributed by atoms with E-state index in [4.69, 9.17) is 17.3 Å². The van der Waals surface area contributed by atoms with Crippen LogP contribution in [-0.2, 0) is 6.54 Å². The Morgan fingerprint density at radius 2 is 1.79 bits per heavy atom. The normalized spacial score (nSPS) is 10.5. The Hall–Kier alpha value is -1.81. The molecule has 100 valence electrons. The fraction of sp³-hybridized carbons (Fsp3) is 0.143. The Kier molecular flexibility index (Phi) is 3.90. The van der Waals surface area contributed by atoms with Crippen molar-refractivity contribution in [1.82, 2.24) is 0 Å². The summed E-state index contributed by atoms with van der Waals surface area (Å²) in [6, 6.07) is 9.34. The monoisotopic (exact) mass is 282 g/mol. The molecule has 0 radical (unpaired) electrons. The first-order valence-electron chi connectivity index (χ1n) is 5.67. The smallest absolute Gasteiger partial charge is 0.151 e. The lowest BCUT2D eigenvalue weighted by Crippen LogP contribution is -2.19. The molecule has 0 aromatic heterocycles. The molecule has 0 amide bonds. The number of benzene rings is 2. The van der Waals surface area contributed by atoms with Gasteiger partial charge in [0.25, 0.3) is 0 Å². The maximum atomic E-state index is 13.8. The number of anilines is 2. The third-order valence-electron chi connectivity index (χ3n) is 2.73. The molecular weight excluding hydrogens is 270 g/mol. The van der Waals surface area contributed by atoms with Crippen LogP contribution in [0.4, 0.5) is 20.2 Å².